The van der Waals surface area contributed by atoms with E-state index in [0.29, 0.717) is 10.6 Å². The summed E-state index contributed by atoms with van der Waals surface area (Å²) in [5.41, 5.74) is 0.408. The Bertz CT molecular complexity index is 670. The number of halogens is 3. The van der Waals surface area contributed by atoms with Gasteiger partial charge < -0.3 is 5.11 Å². The summed E-state index contributed by atoms with van der Waals surface area (Å²) in [4.78, 5) is 0. The molecule has 2 aromatic carbocycles. The topological polar surface area (TPSA) is 20.2 Å². The minimum absolute atomic E-state index is 0.0259. The molecule has 0 spiro atoms. The van der Waals surface area contributed by atoms with Crippen molar-refractivity contribution in [1.82, 2.24) is 0 Å². The molecule has 4 heteroatoms. The first-order chi connectivity index (χ1) is 9.91. The summed E-state index contributed by atoms with van der Waals surface area (Å²) < 4.78 is 13.7. The summed E-state index contributed by atoms with van der Waals surface area (Å²) >= 11 is 11.9. The van der Waals surface area contributed by atoms with Crippen LogP contribution >= 0.6 is 23.2 Å². The molecule has 0 aliphatic heterocycles. The highest BCUT2D eigenvalue weighted by Gasteiger charge is 2.51. The quantitative estimate of drug-likeness (QED) is 0.774. The average molecular weight is 325 g/mol. The highest BCUT2D eigenvalue weighted by molar-refractivity contribution is 6.35. The van der Waals surface area contributed by atoms with E-state index in [-0.39, 0.29) is 16.9 Å². The van der Waals surface area contributed by atoms with Crippen molar-refractivity contribution in [2.45, 2.75) is 24.9 Å². The average Bonchev–Trinajstić information content (AvgIpc) is 3.25. The minimum atomic E-state index is -1.18. The highest BCUT2D eigenvalue weighted by Crippen LogP contribution is 2.57. The van der Waals surface area contributed by atoms with Gasteiger partial charge in [0.15, 0.2) is 0 Å². The second-order valence-corrected chi connectivity index (χ2v) is 6.57. The molecule has 1 N–H and O–H groups in total. The zero-order chi connectivity index (χ0) is 15.2. The Kier molecular flexibility index (Phi) is 3.73. The highest BCUT2D eigenvalue weighted by atomic mass is 35.5. The predicted molar refractivity (Wildman–Crippen MR) is 83.3 cm³/mol. The third kappa shape index (κ3) is 2.68. The first-order valence-electron chi connectivity index (χ1n) is 6.83. The van der Waals surface area contributed by atoms with Crippen LogP contribution in [0.15, 0.2) is 42.5 Å². The first-order valence-corrected chi connectivity index (χ1v) is 7.59. The van der Waals surface area contributed by atoms with Crippen molar-refractivity contribution in [2.24, 2.45) is 5.92 Å². The lowest BCUT2D eigenvalue weighted by atomic mass is 9.88. The molecule has 1 saturated carbocycles. The van der Waals surface area contributed by atoms with Crippen LogP contribution < -0.4 is 0 Å². The van der Waals surface area contributed by atoms with E-state index in [4.69, 9.17) is 23.2 Å². The lowest BCUT2D eigenvalue weighted by molar-refractivity contribution is 0.0307. The van der Waals surface area contributed by atoms with Crippen molar-refractivity contribution in [1.29, 1.82) is 0 Å². The lowest BCUT2D eigenvalue weighted by Gasteiger charge is -2.26. The summed E-state index contributed by atoms with van der Waals surface area (Å²) in [7, 11) is 0. The van der Waals surface area contributed by atoms with Gasteiger partial charge in [0.25, 0.3) is 0 Å². The monoisotopic (exact) mass is 324 g/mol. The predicted octanol–water partition coefficient (Wildman–Crippen LogP) is 5.14. The number of hydrogen-bond donors (Lipinski definition) is 1. The van der Waals surface area contributed by atoms with Gasteiger partial charge >= 0.3 is 0 Å². The van der Waals surface area contributed by atoms with Crippen molar-refractivity contribution < 1.29 is 9.50 Å². The van der Waals surface area contributed by atoms with Crippen molar-refractivity contribution in [3.8, 4) is 0 Å². The third-order valence-electron chi connectivity index (χ3n) is 4.30. The van der Waals surface area contributed by atoms with Gasteiger partial charge in [-0.3, -0.25) is 0 Å². The Morgan fingerprint density at radius 3 is 2.48 bits per heavy atom. The van der Waals surface area contributed by atoms with Crippen LogP contribution in [0.4, 0.5) is 4.39 Å². The minimum Gasteiger partial charge on any atom is -0.385 e. The van der Waals surface area contributed by atoms with Gasteiger partial charge in [0.05, 0.1) is 10.6 Å². The van der Waals surface area contributed by atoms with E-state index in [2.05, 4.69) is 0 Å². The summed E-state index contributed by atoms with van der Waals surface area (Å²) in [5.74, 6) is -0.262. The number of rotatable bonds is 3. The molecule has 3 rings (SSSR count). The molecule has 1 nitrogen and oxygen atoms in total. The molecule has 1 aliphatic rings. The smallest absolute Gasteiger partial charge is 0.142 e. The molecular weight excluding hydrogens is 310 g/mol. The lowest BCUT2D eigenvalue weighted by Crippen LogP contribution is -2.25. The normalized spacial score (nSPS) is 23.7. The van der Waals surface area contributed by atoms with Gasteiger partial charge in [-0.05, 0) is 42.9 Å². The van der Waals surface area contributed by atoms with E-state index < -0.39 is 11.4 Å². The largest absolute Gasteiger partial charge is 0.385 e. The maximum atomic E-state index is 13.7. The SMILES string of the molecule is CC(O)(c1cc(F)c(Cl)cc1Cl)C1CC1c1ccccc1. The maximum absolute atomic E-state index is 13.7. The van der Waals surface area contributed by atoms with E-state index in [1.807, 2.05) is 30.3 Å². The summed E-state index contributed by atoms with van der Waals surface area (Å²) in [6, 6.07) is 12.6. The third-order valence-corrected chi connectivity index (χ3v) is 4.90. The van der Waals surface area contributed by atoms with Crippen molar-refractivity contribution in [2.75, 3.05) is 0 Å². The van der Waals surface area contributed by atoms with E-state index in [1.165, 1.54) is 17.7 Å². The summed E-state index contributed by atoms with van der Waals surface area (Å²) in [5, 5.41) is 11.1. The number of aliphatic hydroxyl groups is 1. The van der Waals surface area contributed by atoms with E-state index >= 15 is 0 Å². The summed E-state index contributed by atoms with van der Waals surface area (Å²) in [6.45, 7) is 1.69. The van der Waals surface area contributed by atoms with Gasteiger partial charge in [-0.2, -0.15) is 0 Å². The molecule has 3 atom stereocenters. The van der Waals surface area contributed by atoms with Crippen LogP contribution in [0.1, 0.15) is 30.4 Å². The molecule has 110 valence electrons. The van der Waals surface area contributed by atoms with Gasteiger partial charge in [0.1, 0.15) is 5.82 Å². The molecule has 0 aromatic heterocycles. The Hall–Kier alpha value is -1.09. The van der Waals surface area contributed by atoms with Crippen LogP contribution in [0, 0.1) is 11.7 Å². The molecular formula is C17H15Cl2FO. The maximum Gasteiger partial charge on any atom is 0.142 e. The van der Waals surface area contributed by atoms with Crippen LogP contribution in [0.2, 0.25) is 10.0 Å². The molecule has 0 saturated heterocycles. The van der Waals surface area contributed by atoms with Crippen LogP contribution in [0.3, 0.4) is 0 Å². The van der Waals surface area contributed by atoms with Crippen LogP contribution in [-0.4, -0.2) is 5.11 Å². The van der Waals surface area contributed by atoms with Crippen molar-refractivity contribution >= 4 is 23.2 Å². The second kappa shape index (κ2) is 5.28. The zero-order valence-electron chi connectivity index (χ0n) is 11.5. The van der Waals surface area contributed by atoms with E-state index in [0.717, 1.165) is 6.42 Å². The molecule has 1 fully saturated rings. The Balaban J connectivity index is 1.91. The van der Waals surface area contributed by atoms with Crippen LogP contribution in [-0.2, 0) is 5.60 Å². The second-order valence-electron chi connectivity index (χ2n) is 5.75. The molecule has 3 unspecified atom stereocenters. The Morgan fingerprint density at radius 1 is 1.14 bits per heavy atom. The summed E-state index contributed by atoms with van der Waals surface area (Å²) in [6.07, 6.45) is 0.859. The molecule has 0 amide bonds. The van der Waals surface area contributed by atoms with Gasteiger partial charge in [-0.1, -0.05) is 53.5 Å². The Labute approximate surface area is 133 Å². The van der Waals surface area contributed by atoms with E-state index in [1.54, 1.807) is 6.92 Å². The van der Waals surface area contributed by atoms with Crippen molar-refractivity contribution in [3.05, 3.63) is 69.5 Å². The molecule has 0 bridgehead atoms. The van der Waals surface area contributed by atoms with Crippen molar-refractivity contribution in [3.63, 3.8) is 0 Å². The number of hydrogen-bond acceptors (Lipinski definition) is 1. The molecule has 0 heterocycles. The first kappa shape index (κ1) is 14.8. The molecule has 0 radical (unpaired) electrons. The van der Waals surface area contributed by atoms with Gasteiger partial charge in [-0.25, -0.2) is 4.39 Å². The molecule has 21 heavy (non-hydrogen) atoms. The molecule has 1 aliphatic carbocycles. The molecule has 2 aromatic rings. The zero-order valence-corrected chi connectivity index (χ0v) is 13.0. The standard InChI is InChI=1S/C17H15Cl2FO/c1-17(21,13-8-16(20)15(19)9-14(13)18)12-7-11(12)10-5-3-2-4-6-10/h2-6,8-9,11-12,21H,7H2,1H3. The van der Waals surface area contributed by atoms with Crippen LogP contribution in [0.5, 0.6) is 0 Å². The number of benzene rings is 2. The fraction of sp³-hybridized carbons (Fsp3) is 0.294. The fourth-order valence-electron chi connectivity index (χ4n) is 3.00. The van der Waals surface area contributed by atoms with Crippen LogP contribution in [0.25, 0.3) is 0 Å². The van der Waals surface area contributed by atoms with Gasteiger partial charge in [-0.15, -0.1) is 0 Å². The van der Waals surface area contributed by atoms with Gasteiger partial charge in [0, 0.05) is 10.6 Å². The fourth-order valence-corrected chi connectivity index (χ4v) is 3.57. The van der Waals surface area contributed by atoms with E-state index in [9.17, 15) is 9.50 Å². The Morgan fingerprint density at radius 2 is 1.81 bits per heavy atom. The van der Waals surface area contributed by atoms with Gasteiger partial charge in [0.2, 0.25) is 0 Å².